The summed E-state index contributed by atoms with van der Waals surface area (Å²) in [6.07, 6.45) is 3.12. The van der Waals surface area contributed by atoms with Crippen LogP contribution in [-0.4, -0.2) is 32.3 Å². The molecule has 0 spiro atoms. The SMILES string of the molecule is CCOC(=O)[C@@H]1C[C@H](NS(=O)(=O)C2CC2)[C@@H]2C[C@@H]21. The highest BCUT2D eigenvalue weighted by Gasteiger charge is 2.58. The minimum atomic E-state index is -3.14. The van der Waals surface area contributed by atoms with Crippen molar-refractivity contribution >= 4 is 16.0 Å². The number of nitrogens with one attached hydrogen (secondary N) is 1. The van der Waals surface area contributed by atoms with Gasteiger partial charge in [0.15, 0.2) is 0 Å². The number of esters is 1. The molecule has 0 amide bonds. The van der Waals surface area contributed by atoms with Crippen molar-refractivity contribution in [3.63, 3.8) is 0 Å². The molecule has 18 heavy (non-hydrogen) atoms. The first-order valence-corrected chi connectivity index (χ1v) is 8.25. The molecule has 5 nitrogen and oxygen atoms in total. The molecule has 0 heterocycles. The zero-order chi connectivity index (χ0) is 12.9. The van der Waals surface area contributed by atoms with Crippen LogP contribution in [-0.2, 0) is 19.6 Å². The van der Waals surface area contributed by atoms with Crippen molar-refractivity contribution in [1.29, 1.82) is 0 Å². The van der Waals surface area contributed by atoms with Gasteiger partial charge in [-0.1, -0.05) is 0 Å². The number of carbonyl (C=O) groups is 1. The third-order valence-corrected chi connectivity index (χ3v) is 6.28. The normalized spacial score (nSPS) is 38.3. The van der Waals surface area contributed by atoms with Gasteiger partial charge in [-0.05, 0) is 44.4 Å². The number of sulfonamides is 1. The molecule has 0 unspecified atom stereocenters. The average molecular weight is 273 g/mol. The van der Waals surface area contributed by atoms with Crippen LogP contribution in [0.4, 0.5) is 0 Å². The molecule has 3 aliphatic carbocycles. The Balaban J connectivity index is 1.62. The quantitative estimate of drug-likeness (QED) is 0.747. The van der Waals surface area contributed by atoms with E-state index in [1.165, 1.54) is 0 Å². The van der Waals surface area contributed by atoms with Gasteiger partial charge >= 0.3 is 5.97 Å². The van der Waals surface area contributed by atoms with Gasteiger partial charge in [0.1, 0.15) is 0 Å². The fourth-order valence-electron chi connectivity index (χ4n) is 3.13. The van der Waals surface area contributed by atoms with Crippen LogP contribution in [0.5, 0.6) is 0 Å². The zero-order valence-electron chi connectivity index (χ0n) is 10.5. The highest BCUT2D eigenvalue weighted by Crippen LogP contribution is 2.56. The van der Waals surface area contributed by atoms with Gasteiger partial charge in [0, 0.05) is 6.04 Å². The summed E-state index contributed by atoms with van der Waals surface area (Å²) in [5.74, 6) is 0.448. The maximum absolute atomic E-state index is 11.9. The Hall–Kier alpha value is -0.620. The smallest absolute Gasteiger partial charge is 0.309 e. The number of rotatable bonds is 5. The van der Waals surface area contributed by atoms with Gasteiger partial charge < -0.3 is 4.74 Å². The third kappa shape index (κ3) is 2.16. The van der Waals surface area contributed by atoms with Gasteiger partial charge in [0.25, 0.3) is 0 Å². The first kappa shape index (κ1) is 12.4. The summed E-state index contributed by atoms with van der Waals surface area (Å²) >= 11 is 0. The van der Waals surface area contributed by atoms with Crippen LogP contribution >= 0.6 is 0 Å². The Labute approximate surface area is 107 Å². The summed E-state index contributed by atoms with van der Waals surface area (Å²) in [6, 6.07) is -0.0463. The number of carbonyl (C=O) groups excluding carboxylic acids is 1. The number of ether oxygens (including phenoxy) is 1. The van der Waals surface area contributed by atoms with E-state index in [-0.39, 0.29) is 23.2 Å². The summed E-state index contributed by atoms with van der Waals surface area (Å²) in [7, 11) is -3.14. The molecule has 0 aliphatic heterocycles. The molecule has 3 rings (SSSR count). The summed E-state index contributed by atoms with van der Waals surface area (Å²) in [5, 5.41) is -0.184. The van der Waals surface area contributed by atoms with Gasteiger partial charge in [-0.3, -0.25) is 4.79 Å². The van der Waals surface area contributed by atoms with E-state index in [0.29, 0.717) is 24.9 Å². The van der Waals surface area contributed by atoms with Crippen LogP contribution in [0, 0.1) is 17.8 Å². The fourth-order valence-corrected chi connectivity index (χ4v) is 4.77. The summed E-state index contributed by atoms with van der Waals surface area (Å²) in [5.41, 5.74) is 0. The van der Waals surface area contributed by atoms with Crippen LogP contribution in [0.15, 0.2) is 0 Å². The van der Waals surface area contributed by atoms with Crippen molar-refractivity contribution in [3.05, 3.63) is 0 Å². The molecule has 4 atom stereocenters. The molecule has 0 saturated heterocycles. The van der Waals surface area contributed by atoms with E-state index in [1.54, 1.807) is 6.92 Å². The molecule has 3 saturated carbocycles. The number of fused-ring (bicyclic) bond motifs is 1. The van der Waals surface area contributed by atoms with Gasteiger partial charge in [-0.2, -0.15) is 0 Å². The molecule has 0 aromatic heterocycles. The van der Waals surface area contributed by atoms with E-state index < -0.39 is 10.0 Å². The standard InChI is InChI=1S/C12H19NO4S/c1-2-17-12(14)10-6-11(9-5-8(9)10)13-18(15,16)7-3-4-7/h7-11,13H,2-6H2,1H3/t8-,9+,10+,11-/m0/s1. The van der Waals surface area contributed by atoms with E-state index in [9.17, 15) is 13.2 Å². The van der Waals surface area contributed by atoms with E-state index in [4.69, 9.17) is 4.74 Å². The minimum Gasteiger partial charge on any atom is -0.466 e. The molecular weight excluding hydrogens is 254 g/mol. The first-order chi connectivity index (χ1) is 8.53. The maximum atomic E-state index is 11.9. The van der Waals surface area contributed by atoms with Crippen LogP contribution in [0.3, 0.4) is 0 Å². The lowest BCUT2D eigenvalue weighted by molar-refractivity contribution is -0.148. The lowest BCUT2D eigenvalue weighted by Gasteiger charge is -2.16. The topological polar surface area (TPSA) is 72.5 Å². The molecule has 102 valence electrons. The third-order valence-electron chi connectivity index (χ3n) is 4.30. The van der Waals surface area contributed by atoms with Gasteiger partial charge in [-0.15, -0.1) is 0 Å². The van der Waals surface area contributed by atoms with E-state index >= 15 is 0 Å². The van der Waals surface area contributed by atoms with Crippen molar-refractivity contribution in [2.75, 3.05) is 6.61 Å². The molecule has 1 N–H and O–H groups in total. The minimum absolute atomic E-state index is 0.0463. The van der Waals surface area contributed by atoms with Gasteiger partial charge in [-0.25, -0.2) is 13.1 Å². The second-order valence-corrected chi connectivity index (χ2v) is 7.62. The summed E-state index contributed by atoms with van der Waals surface area (Å²) < 4.78 is 31.6. The first-order valence-electron chi connectivity index (χ1n) is 6.70. The van der Waals surface area contributed by atoms with E-state index in [0.717, 1.165) is 19.3 Å². The van der Waals surface area contributed by atoms with E-state index in [2.05, 4.69) is 4.72 Å². The van der Waals surface area contributed by atoms with E-state index in [1.807, 2.05) is 0 Å². The van der Waals surface area contributed by atoms with Crippen LogP contribution in [0.25, 0.3) is 0 Å². The van der Waals surface area contributed by atoms with Crippen molar-refractivity contribution in [2.45, 2.75) is 43.9 Å². The van der Waals surface area contributed by atoms with Crippen molar-refractivity contribution in [2.24, 2.45) is 17.8 Å². The Morgan fingerprint density at radius 2 is 2.00 bits per heavy atom. The zero-order valence-corrected chi connectivity index (χ0v) is 11.3. The molecule has 0 aromatic carbocycles. The number of hydrogen-bond donors (Lipinski definition) is 1. The molecule has 0 radical (unpaired) electrons. The fraction of sp³-hybridized carbons (Fsp3) is 0.917. The van der Waals surface area contributed by atoms with Crippen LogP contribution in [0.2, 0.25) is 0 Å². The number of hydrogen-bond acceptors (Lipinski definition) is 4. The van der Waals surface area contributed by atoms with Crippen molar-refractivity contribution < 1.29 is 17.9 Å². The molecule has 6 heteroatoms. The molecule has 3 fully saturated rings. The summed E-state index contributed by atoms with van der Waals surface area (Å²) in [6.45, 7) is 2.19. The van der Waals surface area contributed by atoms with Crippen LogP contribution < -0.4 is 4.72 Å². The second-order valence-electron chi connectivity index (χ2n) is 5.63. The predicted octanol–water partition coefficient (Wildman–Crippen LogP) is 0.656. The van der Waals surface area contributed by atoms with Gasteiger partial charge in [0.2, 0.25) is 10.0 Å². The average Bonchev–Trinajstić information content (AvgIpc) is 3.17. The Bertz CT molecular complexity index is 457. The highest BCUT2D eigenvalue weighted by molar-refractivity contribution is 7.90. The molecule has 0 aromatic rings. The van der Waals surface area contributed by atoms with Crippen molar-refractivity contribution in [3.8, 4) is 0 Å². The largest absolute Gasteiger partial charge is 0.466 e. The Morgan fingerprint density at radius 1 is 1.28 bits per heavy atom. The molecular formula is C12H19NO4S. The monoisotopic (exact) mass is 273 g/mol. The predicted molar refractivity (Wildman–Crippen MR) is 65.2 cm³/mol. The summed E-state index contributed by atoms with van der Waals surface area (Å²) in [4.78, 5) is 11.7. The Morgan fingerprint density at radius 3 is 2.61 bits per heavy atom. The highest BCUT2D eigenvalue weighted by atomic mass is 32.2. The Kier molecular flexibility index (Phi) is 2.90. The van der Waals surface area contributed by atoms with Crippen molar-refractivity contribution in [1.82, 2.24) is 4.72 Å². The second kappa shape index (κ2) is 4.20. The molecule has 3 aliphatic rings. The maximum Gasteiger partial charge on any atom is 0.309 e. The lowest BCUT2D eigenvalue weighted by atomic mass is 10.0. The lowest BCUT2D eigenvalue weighted by Crippen LogP contribution is -2.38. The van der Waals surface area contributed by atoms with Crippen LogP contribution in [0.1, 0.15) is 32.6 Å². The molecule has 0 bridgehead atoms. The van der Waals surface area contributed by atoms with Gasteiger partial charge in [0.05, 0.1) is 17.8 Å².